The molecule has 0 aromatic heterocycles. The van der Waals surface area contributed by atoms with E-state index in [1.807, 2.05) is 0 Å². The molecule has 180 valence electrons. The highest BCUT2D eigenvalue weighted by atomic mass is 32.2. The number of hydrogen-bond acceptors (Lipinski definition) is 9. The van der Waals surface area contributed by atoms with E-state index in [2.05, 4.69) is 0 Å². The fraction of sp³-hybridized carbons (Fsp3) is 0.143. The van der Waals surface area contributed by atoms with E-state index in [-0.39, 0.29) is 0 Å². The van der Waals surface area contributed by atoms with Gasteiger partial charge in [0.2, 0.25) is 30.4 Å². The summed E-state index contributed by atoms with van der Waals surface area (Å²) >= 11 is -4.30. The van der Waals surface area contributed by atoms with Gasteiger partial charge in [0, 0.05) is 0 Å². The molecule has 3 rings (SSSR count). The molecule has 3 aromatic carbocycles. The third kappa shape index (κ3) is 9.28. The van der Waals surface area contributed by atoms with E-state index in [1.165, 1.54) is 36.4 Å². The van der Waals surface area contributed by atoms with Crippen LogP contribution >= 0.6 is 0 Å². The van der Waals surface area contributed by atoms with Crippen LogP contribution in [0.3, 0.4) is 0 Å². The Bertz CT molecular complexity index is 1200. The van der Waals surface area contributed by atoms with Crippen molar-refractivity contribution < 1.29 is 35.0 Å². The highest BCUT2D eigenvalue weighted by Crippen LogP contribution is 2.17. The second-order valence-electron chi connectivity index (χ2n) is 7.14. The Morgan fingerprint density at radius 2 is 0.676 bits per heavy atom. The van der Waals surface area contributed by atoms with Gasteiger partial charge in [-0.2, -0.15) is 0 Å². The molecule has 34 heavy (non-hydrogen) atoms. The molecule has 9 nitrogen and oxygen atoms in total. The summed E-state index contributed by atoms with van der Waals surface area (Å²) in [7, 11) is -13.3. The van der Waals surface area contributed by atoms with Gasteiger partial charge in [0.15, 0.2) is 0 Å². The summed E-state index contributed by atoms with van der Waals surface area (Å²) in [5.41, 5.74) is 1.07. The maximum Gasteiger partial charge on any atom is 0.951 e. The lowest BCUT2D eigenvalue weighted by atomic mass is 10.2. The van der Waals surface area contributed by atoms with Crippen LogP contribution in [-0.2, 0) is 57.3 Å². The van der Waals surface area contributed by atoms with E-state index >= 15 is 0 Å². The zero-order valence-corrected chi connectivity index (χ0v) is 21.4. The molecule has 0 amide bonds. The van der Waals surface area contributed by atoms with Gasteiger partial charge in [0.05, 0.1) is 17.3 Å². The molecule has 0 N–H and O–H groups in total. The van der Waals surface area contributed by atoms with Crippen molar-refractivity contribution in [3.05, 3.63) is 108 Å². The average molecular weight is 541 g/mol. The van der Waals surface area contributed by atoms with Crippen molar-refractivity contribution in [1.29, 1.82) is 0 Å². The SMILES string of the molecule is O=S(=O)(Cc1ccccc1)[O][Al]([O]S(=O)(=O)Cc1ccccc1)[O]S(=O)(=O)Cc1ccccc1. The predicted octanol–water partition coefficient (Wildman–Crippen LogP) is 2.61. The summed E-state index contributed by atoms with van der Waals surface area (Å²) in [6.45, 7) is 0. The van der Waals surface area contributed by atoms with Crippen molar-refractivity contribution in [1.82, 2.24) is 0 Å². The number of rotatable bonds is 12. The van der Waals surface area contributed by atoms with Gasteiger partial charge in [-0.3, -0.25) is 0 Å². The Labute approximate surface area is 204 Å². The first-order valence-corrected chi connectivity index (χ1v) is 16.0. The van der Waals surface area contributed by atoms with Gasteiger partial charge in [-0.05, 0) is 16.7 Å². The van der Waals surface area contributed by atoms with Gasteiger partial charge in [-0.1, -0.05) is 91.0 Å². The van der Waals surface area contributed by atoms with Gasteiger partial charge in [0.1, 0.15) is 0 Å². The van der Waals surface area contributed by atoms with Crippen molar-refractivity contribution in [3.63, 3.8) is 0 Å². The van der Waals surface area contributed by atoms with Gasteiger partial charge in [-0.25, -0.2) is 25.3 Å². The molecule has 0 unspecified atom stereocenters. The molecule has 0 fully saturated rings. The normalized spacial score (nSPS) is 12.4. The van der Waals surface area contributed by atoms with Crippen LogP contribution in [0.5, 0.6) is 0 Å². The molecule has 0 aliphatic carbocycles. The number of hydrogen-bond donors (Lipinski definition) is 0. The van der Waals surface area contributed by atoms with Crippen LogP contribution in [0.2, 0.25) is 0 Å². The molecule has 0 atom stereocenters. The molecule has 0 saturated heterocycles. The first kappa shape index (κ1) is 26.5. The molecule has 0 aliphatic heterocycles. The van der Waals surface area contributed by atoms with E-state index < -0.39 is 62.8 Å². The highest BCUT2D eigenvalue weighted by molar-refractivity contribution is 7.89. The summed E-state index contributed by atoms with van der Waals surface area (Å²) < 4.78 is 90.1. The minimum atomic E-state index is -4.44. The Balaban J connectivity index is 1.81. The maximum absolute atomic E-state index is 12.6. The Hall–Kier alpha value is -2.08. The van der Waals surface area contributed by atoms with Crippen molar-refractivity contribution >= 4 is 45.5 Å². The highest BCUT2D eigenvalue weighted by Gasteiger charge is 2.46. The van der Waals surface area contributed by atoms with Crippen LogP contribution in [-0.4, -0.2) is 40.4 Å². The smallest absolute Gasteiger partial charge is 0.341 e. The summed E-state index contributed by atoms with van der Waals surface area (Å²) in [5.74, 6) is -1.87. The topological polar surface area (TPSA) is 130 Å². The molecule has 0 radical (unpaired) electrons. The molecular formula is C21H21AlO9S3. The van der Waals surface area contributed by atoms with Gasteiger partial charge in [0.25, 0.3) is 0 Å². The van der Waals surface area contributed by atoms with E-state index in [1.54, 1.807) is 54.6 Å². The Kier molecular flexibility index (Phi) is 9.02. The minimum Gasteiger partial charge on any atom is -0.341 e. The summed E-state index contributed by atoms with van der Waals surface area (Å²) in [6.07, 6.45) is 0. The lowest BCUT2D eigenvalue weighted by Crippen LogP contribution is -2.36. The van der Waals surface area contributed by atoms with Crippen LogP contribution in [0.25, 0.3) is 0 Å². The van der Waals surface area contributed by atoms with Crippen LogP contribution in [0.15, 0.2) is 91.0 Å². The Morgan fingerprint density at radius 3 is 0.912 bits per heavy atom. The minimum absolute atomic E-state index is 0.356. The molecule has 0 spiro atoms. The Morgan fingerprint density at radius 1 is 0.441 bits per heavy atom. The monoisotopic (exact) mass is 540 g/mol. The summed E-state index contributed by atoms with van der Waals surface area (Å²) in [5, 5.41) is 0. The fourth-order valence-electron chi connectivity index (χ4n) is 2.84. The fourth-order valence-corrected chi connectivity index (χ4v) is 9.59. The molecule has 13 heteroatoms. The number of benzene rings is 3. The standard InChI is InChI=1S/3C7H8O3S.Al/c3*8-11(9,10)6-7-4-2-1-3-5-7;/h3*1-5H,6H2,(H,8,9,10);/q;;;+3/p-3. The third-order valence-corrected chi connectivity index (χ3v) is 11.7. The largest absolute Gasteiger partial charge is 0.951 e. The van der Waals surface area contributed by atoms with Crippen molar-refractivity contribution in [2.24, 2.45) is 0 Å². The predicted molar refractivity (Wildman–Crippen MR) is 126 cm³/mol. The molecule has 0 saturated carbocycles. The van der Waals surface area contributed by atoms with E-state index in [4.69, 9.17) is 9.70 Å². The third-order valence-electron chi connectivity index (χ3n) is 4.23. The summed E-state index contributed by atoms with van der Waals surface area (Å²) in [4.78, 5) is 0. The zero-order chi connectivity index (χ0) is 24.7. The van der Waals surface area contributed by atoms with E-state index in [0.717, 1.165) is 0 Å². The average Bonchev–Trinajstić information content (AvgIpc) is 2.73. The van der Waals surface area contributed by atoms with E-state index in [0.29, 0.717) is 16.7 Å². The maximum atomic E-state index is 12.6. The first-order valence-electron chi connectivity index (χ1n) is 9.87. The molecular weight excluding hydrogens is 519 g/mol. The van der Waals surface area contributed by atoms with Gasteiger partial charge < -0.3 is 9.70 Å². The lowest BCUT2D eigenvalue weighted by molar-refractivity contribution is 0.311. The van der Waals surface area contributed by atoms with Crippen LogP contribution in [0.4, 0.5) is 0 Å². The van der Waals surface area contributed by atoms with Crippen molar-refractivity contribution in [2.45, 2.75) is 17.3 Å². The molecule has 0 heterocycles. The van der Waals surface area contributed by atoms with Gasteiger partial charge >= 0.3 is 15.1 Å². The quantitative estimate of drug-likeness (QED) is 0.318. The summed E-state index contributed by atoms with van der Waals surface area (Å²) in [6, 6.07) is 23.9. The lowest BCUT2D eigenvalue weighted by Gasteiger charge is -2.14. The van der Waals surface area contributed by atoms with Crippen LogP contribution < -0.4 is 0 Å². The molecule has 0 aliphatic rings. The van der Waals surface area contributed by atoms with E-state index in [9.17, 15) is 25.3 Å². The first-order chi connectivity index (χ1) is 16.0. The van der Waals surface area contributed by atoms with Crippen LogP contribution in [0.1, 0.15) is 16.7 Å². The second-order valence-corrected chi connectivity index (χ2v) is 14.2. The second kappa shape index (κ2) is 11.6. The van der Waals surface area contributed by atoms with Crippen molar-refractivity contribution in [3.8, 4) is 0 Å². The zero-order valence-electron chi connectivity index (χ0n) is 17.8. The van der Waals surface area contributed by atoms with Crippen molar-refractivity contribution in [2.75, 3.05) is 0 Å². The van der Waals surface area contributed by atoms with Crippen LogP contribution in [0, 0.1) is 0 Å². The van der Waals surface area contributed by atoms with Gasteiger partial charge in [-0.15, -0.1) is 0 Å². The molecule has 0 bridgehead atoms. The molecule has 3 aromatic rings.